The predicted octanol–water partition coefficient (Wildman–Crippen LogP) is 2.69. The molecule has 0 saturated heterocycles. The fourth-order valence-electron chi connectivity index (χ4n) is 2.36. The molecule has 0 fully saturated rings. The minimum atomic E-state index is -0.330. The first-order valence-electron chi connectivity index (χ1n) is 6.65. The van der Waals surface area contributed by atoms with Crippen molar-refractivity contribution in [2.24, 2.45) is 0 Å². The first-order chi connectivity index (χ1) is 9.63. The molecule has 102 valence electrons. The van der Waals surface area contributed by atoms with Crippen LogP contribution in [0.15, 0.2) is 48.5 Å². The van der Waals surface area contributed by atoms with Crippen molar-refractivity contribution in [3.63, 3.8) is 0 Å². The highest BCUT2D eigenvalue weighted by atomic mass is 16.3. The minimum Gasteiger partial charge on any atom is -0.395 e. The third-order valence-corrected chi connectivity index (χ3v) is 3.61. The summed E-state index contributed by atoms with van der Waals surface area (Å²) in [5, 5.41) is 18.1. The smallest absolute Gasteiger partial charge is 0.113 e. The van der Waals surface area contributed by atoms with Gasteiger partial charge in [-0.1, -0.05) is 49.4 Å². The lowest BCUT2D eigenvalue weighted by molar-refractivity contribution is 0.218. The van der Waals surface area contributed by atoms with Crippen molar-refractivity contribution in [2.75, 3.05) is 6.61 Å². The number of nitrogens with zero attached hydrogens (tertiary/aromatic N) is 3. The van der Waals surface area contributed by atoms with Gasteiger partial charge in [-0.2, -0.15) is 0 Å². The normalized spacial score (nSPS) is 11.9. The summed E-state index contributed by atoms with van der Waals surface area (Å²) in [7, 11) is 0. The molecule has 0 aliphatic heterocycles. The van der Waals surface area contributed by atoms with Gasteiger partial charge in [0.1, 0.15) is 5.52 Å². The van der Waals surface area contributed by atoms with Gasteiger partial charge in [0, 0.05) is 5.41 Å². The molecule has 0 spiro atoms. The maximum Gasteiger partial charge on any atom is 0.113 e. The van der Waals surface area contributed by atoms with Crippen molar-refractivity contribution >= 4 is 11.0 Å². The first-order valence-corrected chi connectivity index (χ1v) is 6.65. The number of para-hydroxylation sites is 2. The van der Waals surface area contributed by atoms with Gasteiger partial charge >= 0.3 is 0 Å². The number of hydrogen-bond donors (Lipinski definition) is 1. The van der Waals surface area contributed by atoms with Gasteiger partial charge in [0.15, 0.2) is 0 Å². The van der Waals surface area contributed by atoms with E-state index >= 15 is 0 Å². The van der Waals surface area contributed by atoms with Crippen molar-refractivity contribution in [3.05, 3.63) is 54.1 Å². The van der Waals surface area contributed by atoms with Gasteiger partial charge in [-0.25, -0.2) is 4.68 Å². The van der Waals surface area contributed by atoms with E-state index in [1.807, 2.05) is 67.1 Å². The topological polar surface area (TPSA) is 50.9 Å². The highest BCUT2D eigenvalue weighted by molar-refractivity contribution is 5.76. The van der Waals surface area contributed by atoms with E-state index in [-0.39, 0.29) is 12.0 Å². The molecule has 0 bridgehead atoms. The second-order valence-corrected chi connectivity index (χ2v) is 5.55. The molecule has 4 heteroatoms. The lowest BCUT2D eigenvalue weighted by Crippen LogP contribution is -2.24. The molecule has 2 aromatic carbocycles. The second-order valence-electron chi connectivity index (χ2n) is 5.55. The summed E-state index contributed by atoms with van der Waals surface area (Å²) in [4.78, 5) is 0. The Balaban J connectivity index is 2.25. The van der Waals surface area contributed by atoms with E-state index in [4.69, 9.17) is 0 Å². The van der Waals surface area contributed by atoms with Gasteiger partial charge in [-0.15, -0.1) is 5.10 Å². The number of hydrogen-bond acceptors (Lipinski definition) is 3. The minimum absolute atomic E-state index is 0.0800. The lowest BCUT2D eigenvalue weighted by Gasteiger charge is -2.25. The Bertz CT molecular complexity index is 746. The van der Waals surface area contributed by atoms with Gasteiger partial charge in [0.2, 0.25) is 0 Å². The van der Waals surface area contributed by atoms with Crippen LogP contribution in [0.3, 0.4) is 0 Å². The van der Waals surface area contributed by atoms with Gasteiger partial charge in [-0.05, 0) is 23.8 Å². The number of rotatable bonds is 3. The van der Waals surface area contributed by atoms with Crippen molar-refractivity contribution in [3.8, 4) is 5.69 Å². The van der Waals surface area contributed by atoms with Crippen LogP contribution in [-0.4, -0.2) is 26.7 Å². The summed E-state index contributed by atoms with van der Waals surface area (Å²) in [5.41, 5.74) is 3.51. The van der Waals surface area contributed by atoms with Crippen LogP contribution in [0.1, 0.15) is 19.4 Å². The van der Waals surface area contributed by atoms with Crippen LogP contribution in [-0.2, 0) is 5.41 Å². The third kappa shape index (κ3) is 1.98. The molecule has 0 unspecified atom stereocenters. The van der Waals surface area contributed by atoms with E-state index < -0.39 is 0 Å². The second kappa shape index (κ2) is 4.72. The summed E-state index contributed by atoms with van der Waals surface area (Å²) in [6.07, 6.45) is 0. The molecule has 3 rings (SSSR count). The number of aromatic nitrogens is 3. The van der Waals surface area contributed by atoms with Crippen LogP contribution >= 0.6 is 0 Å². The number of aliphatic hydroxyl groups excluding tert-OH is 1. The van der Waals surface area contributed by atoms with Crippen LogP contribution < -0.4 is 0 Å². The van der Waals surface area contributed by atoms with E-state index in [2.05, 4.69) is 10.3 Å². The van der Waals surface area contributed by atoms with Gasteiger partial charge in [-0.3, -0.25) is 0 Å². The molecule has 3 aromatic rings. The zero-order valence-corrected chi connectivity index (χ0v) is 11.6. The fraction of sp³-hybridized carbons (Fsp3) is 0.250. The Morgan fingerprint density at radius 3 is 2.55 bits per heavy atom. The molecular formula is C16H17N3O. The zero-order chi connectivity index (χ0) is 14.2. The van der Waals surface area contributed by atoms with Gasteiger partial charge in [0.05, 0.1) is 17.8 Å². The molecule has 0 saturated carbocycles. The lowest BCUT2D eigenvalue weighted by atomic mass is 9.84. The monoisotopic (exact) mass is 267 g/mol. The van der Waals surface area contributed by atoms with E-state index in [0.717, 1.165) is 22.3 Å². The number of aliphatic hydroxyl groups is 1. The first kappa shape index (κ1) is 12.8. The Labute approximate surface area is 117 Å². The molecule has 0 aliphatic carbocycles. The number of fused-ring (bicyclic) bond motifs is 1. The average molecular weight is 267 g/mol. The van der Waals surface area contributed by atoms with E-state index in [1.165, 1.54) is 0 Å². The Kier molecular flexibility index (Phi) is 3.03. The summed E-state index contributed by atoms with van der Waals surface area (Å²) in [6, 6.07) is 15.9. The molecule has 0 radical (unpaired) electrons. The summed E-state index contributed by atoms with van der Waals surface area (Å²) in [5.74, 6) is 0. The van der Waals surface area contributed by atoms with Crippen LogP contribution in [0.2, 0.25) is 0 Å². The molecule has 0 amide bonds. The quantitative estimate of drug-likeness (QED) is 0.793. The Morgan fingerprint density at radius 2 is 1.75 bits per heavy atom. The molecule has 1 heterocycles. The number of benzene rings is 2. The maximum absolute atomic E-state index is 9.64. The van der Waals surface area contributed by atoms with Crippen molar-refractivity contribution in [1.82, 2.24) is 15.0 Å². The summed E-state index contributed by atoms with van der Waals surface area (Å²) < 4.78 is 1.84. The van der Waals surface area contributed by atoms with Crippen molar-refractivity contribution in [1.29, 1.82) is 0 Å². The fourth-order valence-corrected chi connectivity index (χ4v) is 2.36. The molecule has 0 aliphatic rings. The summed E-state index contributed by atoms with van der Waals surface area (Å²) >= 11 is 0. The van der Waals surface area contributed by atoms with Crippen LogP contribution in [0.4, 0.5) is 0 Å². The van der Waals surface area contributed by atoms with Gasteiger partial charge in [0.25, 0.3) is 0 Å². The standard InChI is InChI=1S/C16H17N3O/c1-16(2,11-20)12-7-3-5-9-14(12)19-15-10-6-4-8-13(15)17-18-19/h3-10,20H,11H2,1-2H3. The molecular weight excluding hydrogens is 250 g/mol. The molecule has 4 nitrogen and oxygen atoms in total. The Morgan fingerprint density at radius 1 is 1.05 bits per heavy atom. The van der Waals surface area contributed by atoms with Crippen LogP contribution in [0.25, 0.3) is 16.7 Å². The predicted molar refractivity (Wildman–Crippen MR) is 79.0 cm³/mol. The SMILES string of the molecule is CC(C)(CO)c1ccccc1-n1nnc2ccccc21. The van der Waals surface area contributed by atoms with E-state index in [9.17, 15) is 5.11 Å². The third-order valence-electron chi connectivity index (χ3n) is 3.61. The highest BCUT2D eigenvalue weighted by Gasteiger charge is 2.24. The Hall–Kier alpha value is -2.20. The molecule has 20 heavy (non-hydrogen) atoms. The molecule has 1 aromatic heterocycles. The van der Waals surface area contributed by atoms with E-state index in [1.54, 1.807) is 0 Å². The van der Waals surface area contributed by atoms with Crippen LogP contribution in [0, 0.1) is 0 Å². The van der Waals surface area contributed by atoms with Gasteiger partial charge < -0.3 is 5.11 Å². The summed E-state index contributed by atoms with van der Waals surface area (Å²) in [6.45, 7) is 4.12. The van der Waals surface area contributed by atoms with Crippen LogP contribution in [0.5, 0.6) is 0 Å². The zero-order valence-electron chi connectivity index (χ0n) is 11.6. The molecule has 0 atom stereocenters. The van der Waals surface area contributed by atoms with Crippen molar-refractivity contribution in [2.45, 2.75) is 19.3 Å². The molecule has 1 N–H and O–H groups in total. The highest BCUT2D eigenvalue weighted by Crippen LogP contribution is 2.29. The van der Waals surface area contributed by atoms with Crippen molar-refractivity contribution < 1.29 is 5.11 Å². The maximum atomic E-state index is 9.64. The largest absolute Gasteiger partial charge is 0.395 e. The average Bonchev–Trinajstić information content (AvgIpc) is 2.91. The van der Waals surface area contributed by atoms with E-state index in [0.29, 0.717) is 0 Å².